The average Bonchev–Trinajstić information content (AvgIpc) is 2.48. The van der Waals surface area contributed by atoms with Crippen molar-refractivity contribution in [2.45, 2.75) is 77.7 Å². The number of unbranched alkanes of at least 4 members (excludes halogenated alkanes) is 6. The fourth-order valence-corrected chi connectivity index (χ4v) is 2.74. The molecule has 0 rings (SSSR count). The van der Waals surface area contributed by atoms with Crippen LogP contribution >= 0.6 is 12.6 Å². The molecule has 1 N–H and O–H groups in total. The van der Waals surface area contributed by atoms with Crippen LogP contribution in [0.1, 0.15) is 71.6 Å². The van der Waals surface area contributed by atoms with Gasteiger partial charge in [-0.1, -0.05) is 39.0 Å². The molecular formula is C17H38N2S. The van der Waals surface area contributed by atoms with Gasteiger partial charge in [0.2, 0.25) is 0 Å². The molecule has 0 aliphatic rings. The van der Waals surface area contributed by atoms with Gasteiger partial charge in [0, 0.05) is 6.04 Å². The van der Waals surface area contributed by atoms with Crippen LogP contribution in [0.3, 0.4) is 0 Å². The van der Waals surface area contributed by atoms with Crippen LogP contribution < -0.4 is 5.32 Å². The highest BCUT2D eigenvalue weighted by atomic mass is 32.1. The van der Waals surface area contributed by atoms with Gasteiger partial charge < -0.3 is 10.2 Å². The van der Waals surface area contributed by atoms with E-state index in [-0.39, 0.29) is 0 Å². The molecule has 0 radical (unpaired) electrons. The molecule has 2 nitrogen and oxygen atoms in total. The quantitative estimate of drug-likeness (QED) is 0.345. The molecule has 0 saturated heterocycles. The van der Waals surface area contributed by atoms with E-state index in [1.165, 1.54) is 77.4 Å². The van der Waals surface area contributed by atoms with Crippen molar-refractivity contribution in [1.82, 2.24) is 10.2 Å². The second kappa shape index (κ2) is 15.7. The van der Waals surface area contributed by atoms with Crippen LogP contribution in [0.15, 0.2) is 0 Å². The molecule has 0 amide bonds. The van der Waals surface area contributed by atoms with Gasteiger partial charge >= 0.3 is 0 Å². The zero-order valence-corrected chi connectivity index (χ0v) is 15.1. The van der Waals surface area contributed by atoms with E-state index in [0.717, 1.165) is 5.75 Å². The molecule has 0 spiro atoms. The maximum Gasteiger partial charge on any atom is 0.00357 e. The molecule has 0 fully saturated rings. The second-order valence-corrected chi connectivity index (χ2v) is 6.41. The minimum atomic E-state index is 0.683. The second-order valence-electron chi connectivity index (χ2n) is 5.96. The van der Waals surface area contributed by atoms with Crippen molar-refractivity contribution in [3.05, 3.63) is 0 Å². The monoisotopic (exact) mass is 302 g/mol. The minimum Gasteiger partial charge on any atom is -0.317 e. The Bertz CT molecular complexity index is 188. The van der Waals surface area contributed by atoms with Crippen molar-refractivity contribution in [3.63, 3.8) is 0 Å². The summed E-state index contributed by atoms with van der Waals surface area (Å²) < 4.78 is 0. The molecule has 0 aromatic carbocycles. The zero-order chi connectivity index (χ0) is 15.1. The lowest BCUT2D eigenvalue weighted by Gasteiger charge is -2.20. The number of hydrogen-bond donors (Lipinski definition) is 2. The number of hydrogen-bond acceptors (Lipinski definition) is 3. The van der Waals surface area contributed by atoms with Crippen LogP contribution in [-0.4, -0.2) is 43.4 Å². The Morgan fingerprint density at radius 3 is 2.00 bits per heavy atom. The maximum atomic E-state index is 4.27. The number of thiol groups is 1. The van der Waals surface area contributed by atoms with E-state index in [9.17, 15) is 0 Å². The van der Waals surface area contributed by atoms with Gasteiger partial charge in [-0.25, -0.2) is 0 Å². The fourth-order valence-electron chi connectivity index (χ4n) is 2.51. The van der Waals surface area contributed by atoms with E-state index in [1.54, 1.807) is 0 Å². The Labute approximate surface area is 133 Å². The van der Waals surface area contributed by atoms with Gasteiger partial charge in [0.1, 0.15) is 0 Å². The Kier molecular flexibility index (Phi) is 15.9. The van der Waals surface area contributed by atoms with Crippen LogP contribution in [0.25, 0.3) is 0 Å². The van der Waals surface area contributed by atoms with Gasteiger partial charge in [-0.3, -0.25) is 0 Å². The molecule has 1 atom stereocenters. The molecular weight excluding hydrogens is 264 g/mol. The van der Waals surface area contributed by atoms with Crippen LogP contribution in [-0.2, 0) is 0 Å². The fraction of sp³-hybridized carbons (Fsp3) is 1.00. The standard InChI is InChI=1S/C17H38N2S/c1-4-19(15-11-8-12-16-20)14-10-7-5-6-9-13-17(2)18-3/h17-18,20H,4-16H2,1-3H3. The smallest absolute Gasteiger partial charge is 0.00357 e. The number of nitrogens with zero attached hydrogens (tertiary/aromatic N) is 1. The van der Waals surface area contributed by atoms with Gasteiger partial charge in [-0.05, 0) is 65.0 Å². The van der Waals surface area contributed by atoms with E-state index in [1.807, 2.05) is 0 Å². The largest absolute Gasteiger partial charge is 0.317 e. The van der Waals surface area contributed by atoms with Crippen molar-refractivity contribution in [2.24, 2.45) is 0 Å². The summed E-state index contributed by atoms with van der Waals surface area (Å²) in [5.41, 5.74) is 0. The molecule has 0 aromatic heterocycles. The first-order valence-electron chi connectivity index (χ1n) is 8.75. The third kappa shape index (κ3) is 13.3. The van der Waals surface area contributed by atoms with Gasteiger partial charge in [-0.2, -0.15) is 12.6 Å². The topological polar surface area (TPSA) is 15.3 Å². The van der Waals surface area contributed by atoms with Crippen LogP contribution in [0.4, 0.5) is 0 Å². The molecule has 20 heavy (non-hydrogen) atoms. The number of rotatable bonds is 15. The van der Waals surface area contributed by atoms with Crippen molar-refractivity contribution in [1.29, 1.82) is 0 Å². The highest BCUT2D eigenvalue weighted by molar-refractivity contribution is 7.80. The molecule has 0 bridgehead atoms. The van der Waals surface area contributed by atoms with Crippen molar-refractivity contribution in [3.8, 4) is 0 Å². The summed E-state index contributed by atoms with van der Waals surface area (Å²) in [6.45, 7) is 8.35. The SMILES string of the molecule is CCN(CCCCCS)CCCCCCCC(C)NC. The molecule has 1 unspecified atom stereocenters. The van der Waals surface area contributed by atoms with E-state index in [2.05, 4.69) is 43.7 Å². The van der Waals surface area contributed by atoms with Gasteiger partial charge in [0.15, 0.2) is 0 Å². The Morgan fingerprint density at radius 2 is 1.45 bits per heavy atom. The minimum absolute atomic E-state index is 0.683. The van der Waals surface area contributed by atoms with Gasteiger partial charge in [-0.15, -0.1) is 0 Å². The molecule has 0 aliphatic carbocycles. The van der Waals surface area contributed by atoms with Crippen LogP contribution in [0, 0.1) is 0 Å². The van der Waals surface area contributed by atoms with Gasteiger partial charge in [0.25, 0.3) is 0 Å². The molecule has 0 aliphatic heterocycles. The van der Waals surface area contributed by atoms with E-state index in [4.69, 9.17) is 0 Å². The number of nitrogens with one attached hydrogen (secondary N) is 1. The lowest BCUT2D eigenvalue weighted by atomic mass is 10.1. The lowest BCUT2D eigenvalue weighted by molar-refractivity contribution is 0.274. The summed E-state index contributed by atoms with van der Waals surface area (Å²) in [6, 6.07) is 0.683. The summed E-state index contributed by atoms with van der Waals surface area (Å²) in [5.74, 6) is 1.04. The molecule has 122 valence electrons. The Morgan fingerprint density at radius 1 is 0.900 bits per heavy atom. The van der Waals surface area contributed by atoms with Crippen molar-refractivity contribution >= 4 is 12.6 Å². The Hall–Kier alpha value is 0.270. The molecule has 0 heterocycles. The summed E-state index contributed by atoms with van der Waals surface area (Å²) in [4.78, 5) is 2.61. The molecule has 0 saturated carbocycles. The van der Waals surface area contributed by atoms with Crippen molar-refractivity contribution < 1.29 is 0 Å². The summed E-state index contributed by atoms with van der Waals surface area (Å²) in [7, 11) is 2.06. The van der Waals surface area contributed by atoms with Crippen LogP contribution in [0.5, 0.6) is 0 Å². The maximum absolute atomic E-state index is 4.27. The molecule has 0 aromatic rings. The summed E-state index contributed by atoms with van der Waals surface area (Å²) in [6.07, 6.45) is 12.2. The Balaban J connectivity index is 3.33. The van der Waals surface area contributed by atoms with E-state index in [0.29, 0.717) is 6.04 Å². The first-order valence-corrected chi connectivity index (χ1v) is 9.38. The predicted molar refractivity (Wildman–Crippen MR) is 96.0 cm³/mol. The molecule has 3 heteroatoms. The average molecular weight is 303 g/mol. The van der Waals surface area contributed by atoms with Gasteiger partial charge in [0.05, 0.1) is 0 Å². The highest BCUT2D eigenvalue weighted by Crippen LogP contribution is 2.08. The lowest BCUT2D eigenvalue weighted by Crippen LogP contribution is -2.25. The van der Waals surface area contributed by atoms with Crippen molar-refractivity contribution in [2.75, 3.05) is 32.4 Å². The first-order chi connectivity index (χ1) is 9.74. The highest BCUT2D eigenvalue weighted by Gasteiger charge is 2.02. The predicted octanol–water partition coefficient (Wildman–Crippen LogP) is 4.36. The van der Waals surface area contributed by atoms with Crippen LogP contribution in [0.2, 0.25) is 0 Å². The third-order valence-corrected chi connectivity index (χ3v) is 4.50. The summed E-state index contributed by atoms with van der Waals surface area (Å²) >= 11 is 4.27. The zero-order valence-electron chi connectivity index (χ0n) is 14.2. The van der Waals surface area contributed by atoms with E-state index >= 15 is 0 Å². The summed E-state index contributed by atoms with van der Waals surface area (Å²) in [5, 5.41) is 3.31. The van der Waals surface area contributed by atoms with E-state index < -0.39 is 0 Å². The first kappa shape index (κ1) is 20.3. The third-order valence-electron chi connectivity index (χ3n) is 4.18. The normalized spacial score (nSPS) is 13.1.